The van der Waals surface area contributed by atoms with Crippen molar-refractivity contribution >= 4 is 60.9 Å². The van der Waals surface area contributed by atoms with Gasteiger partial charge in [-0.3, -0.25) is 0 Å². The van der Waals surface area contributed by atoms with E-state index in [9.17, 15) is 0 Å². The molecule has 13 aromatic rings. The Kier molecular flexibility index (Phi) is 8.28. The second-order valence-electron chi connectivity index (χ2n) is 18.7. The van der Waals surface area contributed by atoms with Crippen LogP contribution in [0.3, 0.4) is 0 Å². The Morgan fingerprint density at radius 1 is 0.271 bits per heavy atom. The lowest BCUT2D eigenvalue weighted by molar-refractivity contribution is 0.666. The third-order valence-electron chi connectivity index (χ3n) is 15.1. The Morgan fingerprint density at radius 3 is 1.53 bits per heavy atom. The van der Waals surface area contributed by atoms with Gasteiger partial charge in [0.15, 0.2) is 0 Å². The summed E-state index contributed by atoms with van der Waals surface area (Å²) in [5.41, 5.74) is 22.8. The quantitative estimate of drug-likeness (QED) is 0.172. The zero-order valence-corrected chi connectivity index (χ0v) is 37.9. The van der Waals surface area contributed by atoms with Crippen LogP contribution >= 0.6 is 0 Å². The lowest BCUT2D eigenvalue weighted by Crippen LogP contribution is -2.29. The van der Waals surface area contributed by atoms with Crippen LogP contribution in [0.1, 0.15) is 22.3 Å². The van der Waals surface area contributed by atoms with Crippen molar-refractivity contribution in [3.05, 3.63) is 271 Å². The van der Waals surface area contributed by atoms with E-state index < -0.39 is 5.41 Å². The van der Waals surface area contributed by atoms with E-state index in [0.717, 1.165) is 83.2 Å². The topological polar surface area (TPSA) is 29.5 Å². The zero-order valence-electron chi connectivity index (χ0n) is 37.9. The first-order valence-electron chi connectivity index (χ1n) is 24.1. The molecule has 11 aromatic carbocycles. The van der Waals surface area contributed by atoms with Gasteiger partial charge in [0, 0.05) is 44.0 Å². The van der Waals surface area contributed by atoms with Crippen LogP contribution in [0.2, 0.25) is 0 Å². The van der Waals surface area contributed by atoms with E-state index in [1.807, 2.05) is 12.1 Å². The first-order valence-corrected chi connectivity index (χ1v) is 24.1. The molecular formula is C67H41NO2. The van der Waals surface area contributed by atoms with Crippen LogP contribution in [0, 0.1) is 0 Å². The van der Waals surface area contributed by atoms with Gasteiger partial charge in [-0.15, -0.1) is 0 Å². The van der Waals surface area contributed by atoms with Crippen molar-refractivity contribution in [3.8, 4) is 55.6 Å². The van der Waals surface area contributed by atoms with Gasteiger partial charge in [-0.2, -0.15) is 0 Å². The summed E-state index contributed by atoms with van der Waals surface area (Å²) >= 11 is 0. The van der Waals surface area contributed by atoms with Crippen LogP contribution in [0.25, 0.3) is 99.5 Å². The molecule has 3 nitrogen and oxygen atoms in total. The van der Waals surface area contributed by atoms with Gasteiger partial charge in [0.05, 0.1) is 11.1 Å². The molecule has 2 aliphatic rings. The third kappa shape index (κ3) is 5.46. The highest BCUT2D eigenvalue weighted by molar-refractivity contribution is 6.11. The van der Waals surface area contributed by atoms with E-state index in [1.54, 1.807) is 0 Å². The normalized spacial score (nSPS) is 14.3. The number of nitrogens with zero attached hydrogens (tertiary/aromatic N) is 1. The predicted molar refractivity (Wildman–Crippen MR) is 288 cm³/mol. The monoisotopic (exact) mass is 891 g/mol. The molecule has 0 aliphatic heterocycles. The molecule has 326 valence electrons. The molecule has 1 spiro atoms. The molecule has 1 atom stereocenters. The Labute approximate surface area is 404 Å². The number of anilines is 3. The van der Waals surface area contributed by atoms with Crippen LogP contribution in [-0.2, 0) is 5.41 Å². The third-order valence-corrected chi connectivity index (χ3v) is 15.1. The highest BCUT2D eigenvalue weighted by Gasteiger charge is 2.50. The molecular weight excluding hydrogens is 851 g/mol. The molecule has 3 heteroatoms. The summed E-state index contributed by atoms with van der Waals surface area (Å²) < 4.78 is 13.3. The molecule has 15 rings (SSSR count). The van der Waals surface area contributed by atoms with E-state index in [1.165, 1.54) is 55.6 Å². The first-order chi connectivity index (χ1) is 34.7. The predicted octanol–water partition coefficient (Wildman–Crippen LogP) is 18.3. The maximum absolute atomic E-state index is 6.78. The number of para-hydroxylation sites is 4. The molecule has 0 saturated heterocycles. The Bertz CT molecular complexity index is 4250. The molecule has 0 fully saturated rings. The average Bonchev–Trinajstić information content (AvgIpc) is 4.07. The molecule has 2 aromatic heterocycles. The highest BCUT2D eigenvalue weighted by Crippen LogP contribution is 2.63. The number of hydrogen-bond donors (Lipinski definition) is 0. The van der Waals surface area contributed by atoms with Gasteiger partial charge in [0.1, 0.15) is 22.3 Å². The van der Waals surface area contributed by atoms with Crippen LogP contribution in [0.5, 0.6) is 0 Å². The van der Waals surface area contributed by atoms with E-state index in [2.05, 4.69) is 241 Å². The molecule has 0 N–H and O–H groups in total. The van der Waals surface area contributed by atoms with E-state index in [-0.39, 0.29) is 0 Å². The van der Waals surface area contributed by atoms with Crippen LogP contribution < -0.4 is 4.90 Å². The lowest BCUT2D eigenvalue weighted by Gasteiger charge is -2.36. The summed E-state index contributed by atoms with van der Waals surface area (Å²) in [7, 11) is 0. The summed E-state index contributed by atoms with van der Waals surface area (Å²) in [6.07, 6.45) is 0. The fourth-order valence-corrected chi connectivity index (χ4v) is 12.2. The van der Waals surface area contributed by atoms with Crippen LogP contribution in [0.4, 0.5) is 17.1 Å². The fraction of sp³-hybridized carbons (Fsp3) is 0.0149. The van der Waals surface area contributed by atoms with Crippen molar-refractivity contribution in [2.45, 2.75) is 5.41 Å². The fourth-order valence-electron chi connectivity index (χ4n) is 12.2. The summed E-state index contributed by atoms with van der Waals surface area (Å²) in [4.78, 5) is 2.45. The highest BCUT2D eigenvalue weighted by atomic mass is 16.3. The van der Waals surface area contributed by atoms with Crippen molar-refractivity contribution in [3.63, 3.8) is 0 Å². The summed E-state index contributed by atoms with van der Waals surface area (Å²) in [6, 6.07) is 90.8. The minimum absolute atomic E-state index is 0.722. The molecule has 0 amide bonds. The first kappa shape index (κ1) is 38.9. The van der Waals surface area contributed by atoms with Gasteiger partial charge in [-0.25, -0.2) is 0 Å². The van der Waals surface area contributed by atoms with Crippen molar-refractivity contribution in [1.29, 1.82) is 0 Å². The van der Waals surface area contributed by atoms with E-state index >= 15 is 0 Å². The van der Waals surface area contributed by atoms with E-state index in [0.29, 0.717) is 0 Å². The molecule has 0 saturated carbocycles. The van der Waals surface area contributed by atoms with Gasteiger partial charge in [0.2, 0.25) is 0 Å². The molecule has 0 bridgehead atoms. The van der Waals surface area contributed by atoms with Gasteiger partial charge < -0.3 is 13.7 Å². The van der Waals surface area contributed by atoms with Gasteiger partial charge in [0.25, 0.3) is 0 Å². The number of hydrogen-bond acceptors (Lipinski definition) is 3. The van der Waals surface area contributed by atoms with Crippen molar-refractivity contribution < 1.29 is 8.83 Å². The van der Waals surface area contributed by atoms with Gasteiger partial charge in [-0.1, -0.05) is 194 Å². The van der Waals surface area contributed by atoms with Gasteiger partial charge in [-0.05, 0) is 121 Å². The Balaban J connectivity index is 1.02. The molecule has 2 aliphatic carbocycles. The minimum atomic E-state index is -0.722. The molecule has 2 heterocycles. The minimum Gasteiger partial charge on any atom is -0.456 e. The smallest absolute Gasteiger partial charge is 0.143 e. The summed E-state index contributed by atoms with van der Waals surface area (Å²) in [6.45, 7) is 0. The second kappa shape index (κ2) is 14.9. The van der Waals surface area contributed by atoms with Crippen molar-refractivity contribution in [2.24, 2.45) is 0 Å². The average molecular weight is 892 g/mol. The summed E-state index contributed by atoms with van der Waals surface area (Å²) in [5, 5.41) is 4.50. The number of fused-ring (bicyclic) bond motifs is 18. The van der Waals surface area contributed by atoms with Crippen LogP contribution in [0.15, 0.2) is 258 Å². The second-order valence-corrected chi connectivity index (χ2v) is 18.7. The number of rotatable bonds is 5. The van der Waals surface area contributed by atoms with E-state index in [4.69, 9.17) is 8.83 Å². The van der Waals surface area contributed by atoms with Crippen molar-refractivity contribution in [2.75, 3.05) is 4.90 Å². The Hall–Kier alpha value is -9.18. The maximum Gasteiger partial charge on any atom is 0.143 e. The lowest BCUT2D eigenvalue weighted by atomic mass is 9.65. The SMILES string of the molecule is c1ccc(-c2ccccc2N(c2ccc(-c3cccc4c3oc3ccccc34)cc2)c2ccc3c(c2)C2(c4ccccc4-c4ccccc4-3)c3ccccc3-c3cc4c(cc32)oc2ccccc24)cc1. The Morgan fingerprint density at radius 2 is 0.786 bits per heavy atom. The largest absolute Gasteiger partial charge is 0.456 e. The molecule has 70 heavy (non-hydrogen) atoms. The standard InChI is InChI=1S/C67H41NO2/c1-2-17-42(18-3-1)46-19-8-13-30-62(46)68(44-35-33-43(34-36-44)47-26-16-27-55-53-24-9-15-32-64(53)70-66(47)55)45-37-38-52-49-21-5-4-20-48(49)50-22-6-11-28-58(50)67(60(52)39-45)59-29-12-7-23-51(59)56-40-57-54-25-10-14-31-63(54)69-65(57)41-61(56)67/h1-41H. The van der Waals surface area contributed by atoms with Crippen LogP contribution in [-0.4, -0.2) is 0 Å². The van der Waals surface area contributed by atoms with Crippen molar-refractivity contribution in [1.82, 2.24) is 0 Å². The summed E-state index contributed by atoms with van der Waals surface area (Å²) in [5.74, 6) is 0. The van der Waals surface area contributed by atoms with Gasteiger partial charge >= 0.3 is 0 Å². The zero-order chi connectivity index (χ0) is 45.9. The molecule has 0 radical (unpaired) electrons. The number of benzene rings is 11. The number of furan rings is 2. The molecule has 1 unspecified atom stereocenters. The maximum atomic E-state index is 6.78.